The molecule has 0 heterocycles. The molecule has 0 aliphatic heterocycles. The Morgan fingerprint density at radius 2 is 2.10 bits per heavy atom. The fourth-order valence-corrected chi connectivity index (χ4v) is 2.55. The molecule has 2 aromatic rings. The first-order valence-corrected chi connectivity index (χ1v) is 7.66. The first-order chi connectivity index (χ1) is 10.0. The summed E-state index contributed by atoms with van der Waals surface area (Å²) in [4.78, 5) is 11.9. The first-order valence-electron chi connectivity index (χ1n) is 6.49. The van der Waals surface area contributed by atoms with E-state index in [1.54, 1.807) is 18.2 Å². The molecule has 1 amide bonds. The molecule has 0 aliphatic carbocycles. The number of hydrogen-bond donors (Lipinski definition) is 1. The van der Waals surface area contributed by atoms with E-state index in [2.05, 4.69) is 21.2 Å². The molecule has 0 atom stereocenters. The standard InChI is InChI=1S/C16H15BrClNO2/c1-11-3-2-4-13(9-11)21-8-7-16(20)19-15-6-5-12(18)10-14(15)17/h2-6,9-10H,7-8H2,1H3,(H,19,20). The molecule has 0 spiro atoms. The van der Waals surface area contributed by atoms with E-state index in [1.165, 1.54) is 0 Å². The summed E-state index contributed by atoms with van der Waals surface area (Å²) in [5.74, 6) is 0.668. The normalized spacial score (nSPS) is 10.2. The summed E-state index contributed by atoms with van der Waals surface area (Å²) in [5, 5.41) is 3.42. The van der Waals surface area contributed by atoms with Gasteiger partial charge in [0.15, 0.2) is 0 Å². The summed E-state index contributed by atoms with van der Waals surface area (Å²) in [6.07, 6.45) is 0.281. The van der Waals surface area contributed by atoms with E-state index in [0.717, 1.165) is 15.8 Å². The van der Waals surface area contributed by atoms with Gasteiger partial charge in [-0.1, -0.05) is 23.7 Å². The van der Waals surface area contributed by atoms with Crippen LogP contribution in [0.1, 0.15) is 12.0 Å². The predicted molar refractivity (Wildman–Crippen MR) is 89.1 cm³/mol. The van der Waals surface area contributed by atoms with Crippen LogP contribution in [0.2, 0.25) is 5.02 Å². The molecule has 0 aromatic heterocycles. The minimum atomic E-state index is -0.106. The zero-order valence-electron chi connectivity index (χ0n) is 11.5. The van der Waals surface area contributed by atoms with E-state index in [4.69, 9.17) is 16.3 Å². The Bertz CT molecular complexity index is 646. The van der Waals surface area contributed by atoms with Gasteiger partial charge >= 0.3 is 0 Å². The molecule has 0 saturated heterocycles. The average molecular weight is 369 g/mol. The number of benzene rings is 2. The van der Waals surface area contributed by atoms with E-state index in [1.807, 2.05) is 31.2 Å². The summed E-state index contributed by atoms with van der Waals surface area (Å²) in [5.41, 5.74) is 1.82. The van der Waals surface area contributed by atoms with Crippen molar-refractivity contribution in [2.75, 3.05) is 11.9 Å². The second-order valence-electron chi connectivity index (χ2n) is 4.59. The molecular formula is C16H15BrClNO2. The summed E-state index contributed by atoms with van der Waals surface area (Å²) >= 11 is 9.21. The van der Waals surface area contributed by atoms with Crippen LogP contribution in [-0.4, -0.2) is 12.5 Å². The van der Waals surface area contributed by atoms with Crippen molar-refractivity contribution in [2.45, 2.75) is 13.3 Å². The molecule has 0 saturated carbocycles. The zero-order chi connectivity index (χ0) is 15.2. The van der Waals surface area contributed by atoms with Gasteiger partial charge in [-0.05, 0) is 58.7 Å². The van der Waals surface area contributed by atoms with Crippen LogP contribution in [0.4, 0.5) is 5.69 Å². The number of amides is 1. The molecule has 2 aromatic carbocycles. The Labute approximate surface area is 137 Å². The van der Waals surface area contributed by atoms with Crippen LogP contribution in [-0.2, 0) is 4.79 Å². The molecule has 3 nitrogen and oxygen atoms in total. The van der Waals surface area contributed by atoms with Crippen molar-refractivity contribution in [1.29, 1.82) is 0 Å². The molecule has 21 heavy (non-hydrogen) atoms. The maximum absolute atomic E-state index is 11.9. The summed E-state index contributed by atoms with van der Waals surface area (Å²) in [6.45, 7) is 2.33. The number of ether oxygens (including phenoxy) is 1. The highest BCUT2D eigenvalue weighted by atomic mass is 79.9. The smallest absolute Gasteiger partial charge is 0.227 e. The third-order valence-corrected chi connectivity index (χ3v) is 3.68. The number of rotatable bonds is 5. The highest BCUT2D eigenvalue weighted by molar-refractivity contribution is 9.10. The van der Waals surface area contributed by atoms with Crippen LogP contribution in [0.3, 0.4) is 0 Å². The van der Waals surface area contributed by atoms with Crippen molar-refractivity contribution in [1.82, 2.24) is 0 Å². The van der Waals surface area contributed by atoms with Crippen molar-refractivity contribution in [3.05, 3.63) is 57.5 Å². The number of hydrogen-bond acceptors (Lipinski definition) is 2. The molecule has 0 bridgehead atoms. The van der Waals surface area contributed by atoms with Crippen LogP contribution in [0.25, 0.3) is 0 Å². The minimum Gasteiger partial charge on any atom is -0.493 e. The van der Waals surface area contributed by atoms with Gasteiger partial charge in [-0.25, -0.2) is 0 Å². The lowest BCUT2D eigenvalue weighted by Crippen LogP contribution is -2.15. The Kier molecular flexibility index (Phi) is 5.65. The maximum atomic E-state index is 11.9. The van der Waals surface area contributed by atoms with Crippen LogP contribution >= 0.6 is 27.5 Å². The number of nitrogens with one attached hydrogen (secondary N) is 1. The third-order valence-electron chi connectivity index (χ3n) is 2.79. The van der Waals surface area contributed by atoms with Gasteiger partial charge in [0.2, 0.25) is 5.91 Å². The number of halogens is 2. The summed E-state index contributed by atoms with van der Waals surface area (Å²) < 4.78 is 6.30. The molecule has 0 radical (unpaired) electrons. The van der Waals surface area contributed by atoms with Crippen LogP contribution in [0, 0.1) is 6.92 Å². The monoisotopic (exact) mass is 367 g/mol. The van der Waals surface area contributed by atoms with E-state index in [0.29, 0.717) is 17.3 Å². The van der Waals surface area contributed by atoms with Crippen molar-refractivity contribution in [3.8, 4) is 5.75 Å². The van der Waals surface area contributed by atoms with Gasteiger partial charge in [-0.2, -0.15) is 0 Å². The zero-order valence-corrected chi connectivity index (χ0v) is 13.9. The van der Waals surface area contributed by atoms with Crippen LogP contribution in [0.5, 0.6) is 5.75 Å². The van der Waals surface area contributed by atoms with Gasteiger partial charge in [0.25, 0.3) is 0 Å². The van der Waals surface area contributed by atoms with E-state index in [-0.39, 0.29) is 12.3 Å². The van der Waals surface area contributed by atoms with Gasteiger partial charge in [-0.3, -0.25) is 4.79 Å². The van der Waals surface area contributed by atoms with Crippen molar-refractivity contribution >= 4 is 39.1 Å². The van der Waals surface area contributed by atoms with Crippen LogP contribution in [0.15, 0.2) is 46.9 Å². The lowest BCUT2D eigenvalue weighted by Gasteiger charge is -2.09. The highest BCUT2D eigenvalue weighted by Crippen LogP contribution is 2.25. The first kappa shape index (κ1) is 15.9. The SMILES string of the molecule is Cc1cccc(OCCC(=O)Nc2ccc(Cl)cc2Br)c1. The van der Waals surface area contributed by atoms with E-state index in [9.17, 15) is 4.79 Å². The molecular weight excluding hydrogens is 354 g/mol. The van der Waals surface area contributed by atoms with Gasteiger partial charge < -0.3 is 10.1 Å². The molecule has 0 unspecified atom stereocenters. The Morgan fingerprint density at radius 1 is 1.29 bits per heavy atom. The van der Waals surface area contributed by atoms with Crippen molar-refractivity contribution in [3.63, 3.8) is 0 Å². The number of anilines is 1. The van der Waals surface area contributed by atoms with E-state index >= 15 is 0 Å². The topological polar surface area (TPSA) is 38.3 Å². The molecule has 0 fully saturated rings. The molecule has 2 rings (SSSR count). The third kappa shape index (κ3) is 5.06. The highest BCUT2D eigenvalue weighted by Gasteiger charge is 2.06. The van der Waals surface area contributed by atoms with Crippen LogP contribution < -0.4 is 10.1 Å². The Morgan fingerprint density at radius 3 is 2.81 bits per heavy atom. The summed E-state index contributed by atoms with van der Waals surface area (Å²) in [6, 6.07) is 13.0. The fourth-order valence-electron chi connectivity index (χ4n) is 1.77. The Hall–Kier alpha value is -1.52. The van der Waals surface area contributed by atoms with Gasteiger partial charge in [-0.15, -0.1) is 0 Å². The average Bonchev–Trinajstić information content (AvgIpc) is 2.42. The Balaban J connectivity index is 1.82. The summed E-state index contributed by atoms with van der Waals surface area (Å²) in [7, 11) is 0. The molecule has 0 aliphatic rings. The largest absolute Gasteiger partial charge is 0.493 e. The van der Waals surface area contributed by atoms with Gasteiger partial charge in [0.05, 0.1) is 18.7 Å². The van der Waals surface area contributed by atoms with Crippen molar-refractivity contribution in [2.24, 2.45) is 0 Å². The number of aryl methyl sites for hydroxylation is 1. The molecule has 110 valence electrons. The van der Waals surface area contributed by atoms with Crippen molar-refractivity contribution < 1.29 is 9.53 Å². The fraction of sp³-hybridized carbons (Fsp3) is 0.188. The van der Waals surface area contributed by atoms with E-state index < -0.39 is 0 Å². The maximum Gasteiger partial charge on any atom is 0.227 e. The quantitative estimate of drug-likeness (QED) is 0.822. The second kappa shape index (κ2) is 7.48. The minimum absolute atomic E-state index is 0.106. The number of carbonyl (C=O) groups is 1. The lowest BCUT2D eigenvalue weighted by atomic mass is 10.2. The predicted octanol–water partition coefficient (Wildman–Crippen LogP) is 4.82. The molecule has 1 N–H and O–H groups in total. The number of carbonyl (C=O) groups excluding carboxylic acids is 1. The molecule has 5 heteroatoms. The lowest BCUT2D eigenvalue weighted by molar-refractivity contribution is -0.116. The second-order valence-corrected chi connectivity index (χ2v) is 5.88. The van der Waals surface area contributed by atoms with Gasteiger partial charge in [0.1, 0.15) is 5.75 Å². The van der Waals surface area contributed by atoms with Gasteiger partial charge in [0, 0.05) is 9.50 Å².